The Kier molecular flexibility index (Phi) is 3.76. The van der Waals surface area contributed by atoms with E-state index >= 15 is 0 Å². The van der Waals surface area contributed by atoms with Crippen molar-refractivity contribution in [3.8, 4) is 11.1 Å². The Bertz CT molecular complexity index is 841. The molecule has 23 heavy (non-hydrogen) atoms. The summed E-state index contributed by atoms with van der Waals surface area (Å²) in [6, 6.07) is 8.31. The van der Waals surface area contributed by atoms with Crippen LogP contribution >= 0.6 is 0 Å². The fourth-order valence-corrected chi connectivity index (χ4v) is 2.24. The average Bonchev–Trinajstić information content (AvgIpc) is 3.01. The van der Waals surface area contributed by atoms with Gasteiger partial charge < -0.3 is 10.4 Å². The molecule has 2 aromatic carbocycles. The van der Waals surface area contributed by atoms with E-state index in [-0.39, 0.29) is 28.1 Å². The number of carboxylic acid groups (broad SMARTS) is 1. The Hall–Kier alpha value is -3.22. The Morgan fingerprint density at radius 2 is 1.87 bits per heavy atom. The van der Waals surface area contributed by atoms with Crippen molar-refractivity contribution in [3.05, 3.63) is 66.0 Å². The van der Waals surface area contributed by atoms with Gasteiger partial charge in [-0.25, -0.2) is 13.6 Å². The maximum Gasteiger partial charge on any atom is 0.337 e. The van der Waals surface area contributed by atoms with E-state index in [1.54, 1.807) is 12.1 Å². The largest absolute Gasteiger partial charge is 0.478 e. The van der Waals surface area contributed by atoms with Gasteiger partial charge in [0.2, 0.25) is 0 Å². The molecule has 7 heteroatoms. The Morgan fingerprint density at radius 3 is 2.48 bits per heavy atom. The fourth-order valence-electron chi connectivity index (χ4n) is 2.24. The van der Waals surface area contributed by atoms with Gasteiger partial charge in [0.15, 0.2) is 0 Å². The van der Waals surface area contributed by atoms with E-state index in [4.69, 9.17) is 5.11 Å². The molecule has 0 saturated carbocycles. The van der Waals surface area contributed by atoms with Gasteiger partial charge in [-0.1, -0.05) is 12.1 Å². The van der Waals surface area contributed by atoms with Crippen molar-refractivity contribution in [2.24, 2.45) is 0 Å². The third kappa shape index (κ3) is 2.89. The molecule has 0 bridgehead atoms. The molecule has 0 atom stereocenters. The van der Waals surface area contributed by atoms with Crippen LogP contribution in [-0.2, 0) is 0 Å². The smallest absolute Gasteiger partial charge is 0.337 e. The minimum Gasteiger partial charge on any atom is -0.478 e. The standard InChI is InChI=1S/C16H11F2N3O2/c17-12-5-10(6-13(18)15(12)9-7-19-20-8-9)21-14-4-2-1-3-11(14)16(22)23/h1-8,21H,(H,19,20)(H,22,23). The first kappa shape index (κ1) is 14.7. The summed E-state index contributed by atoms with van der Waals surface area (Å²) in [5.74, 6) is -2.69. The van der Waals surface area contributed by atoms with Gasteiger partial charge in [0.25, 0.3) is 0 Å². The van der Waals surface area contributed by atoms with E-state index in [1.807, 2.05) is 0 Å². The number of rotatable bonds is 4. The lowest BCUT2D eigenvalue weighted by atomic mass is 10.1. The number of aromatic nitrogens is 2. The first-order valence-corrected chi connectivity index (χ1v) is 6.64. The molecule has 3 aromatic rings. The number of nitrogens with one attached hydrogen (secondary N) is 2. The molecule has 5 nitrogen and oxygen atoms in total. The molecule has 3 N–H and O–H groups in total. The molecule has 0 radical (unpaired) electrons. The Labute approximate surface area is 129 Å². The van der Waals surface area contributed by atoms with Crippen molar-refractivity contribution < 1.29 is 18.7 Å². The first-order chi connectivity index (χ1) is 11.1. The third-order valence-corrected chi connectivity index (χ3v) is 3.27. The minimum atomic E-state index is -1.14. The van der Waals surface area contributed by atoms with Crippen LogP contribution in [0.25, 0.3) is 11.1 Å². The number of benzene rings is 2. The lowest BCUT2D eigenvalue weighted by Crippen LogP contribution is -2.03. The topological polar surface area (TPSA) is 78.0 Å². The van der Waals surface area contributed by atoms with Gasteiger partial charge in [0, 0.05) is 17.4 Å². The second kappa shape index (κ2) is 5.88. The number of para-hydroxylation sites is 1. The van der Waals surface area contributed by atoms with Gasteiger partial charge >= 0.3 is 5.97 Å². The zero-order chi connectivity index (χ0) is 16.4. The normalized spacial score (nSPS) is 10.5. The van der Waals surface area contributed by atoms with Crippen molar-refractivity contribution in [2.75, 3.05) is 5.32 Å². The highest BCUT2D eigenvalue weighted by Crippen LogP contribution is 2.30. The monoisotopic (exact) mass is 315 g/mol. The van der Waals surface area contributed by atoms with Crippen LogP contribution in [0, 0.1) is 11.6 Å². The van der Waals surface area contributed by atoms with Gasteiger partial charge in [0.05, 0.1) is 23.0 Å². The van der Waals surface area contributed by atoms with Crippen LogP contribution in [0.3, 0.4) is 0 Å². The van der Waals surface area contributed by atoms with E-state index in [0.717, 1.165) is 12.1 Å². The molecule has 0 saturated heterocycles. The number of H-pyrrole nitrogens is 1. The zero-order valence-corrected chi connectivity index (χ0v) is 11.7. The van der Waals surface area contributed by atoms with Crippen LogP contribution in [0.5, 0.6) is 0 Å². The fraction of sp³-hybridized carbons (Fsp3) is 0. The first-order valence-electron chi connectivity index (χ1n) is 6.64. The van der Waals surface area contributed by atoms with Gasteiger partial charge in [-0.15, -0.1) is 0 Å². The summed E-state index contributed by atoms with van der Waals surface area (Å²) in [7, 11) is 0. The van der Waals surface area contributed by atoms with Gasteiger partial charge in [-0.05, 0) is 24.3 Å². The van der Waals surface area contributed by atoms with E-state index in [0.29, 0.717) is 0 Å². The summed E-state index contributed by atoms with van der Waals surface area (Å²) < 4.78 is 28.4. The molecule has 0 aliphatic heterocycles. The Balaban J connectivity index is 1.99. The quantitative estimate of drug-likeness (QED) is 0.684. The van der Waals surface area contributed by atoms with Crippen molar-refractivity contribution in [1.29, 1.82) is 0 Å². The highest BCUT2D eigenvalue weighted by Gasteiger charge is 2.15. The number of hydrogen-bond acceptors (Lipinski definition) is 3. The maximum absolute atomic E-state index is 14.2. The van der Waals surface area contributed by atoms with E-state index in [1.165, 1.54) is 24.5 Å². The van der Waals surface area contributed by atoms with Gasteiger partial charge in [0.1, 0.15) is 11.6 Å². The number of halogens is 2. The van der Waals surface area contributed by atoms with Crippen LogP contribution < -0.4 is 5.32 Å². The highest BCUT2D eigenvalue weighted by molar-refractivity contribution is 5.95. The average molecular weight is 315 g/mol. The van der Waals surface area contributed by atoms with Crippen LogP contribution in [0.4, 0.5) is 20.2 Å². The number of hydrogen-bond donors (Lipinski definition) is 3. The molecule has 0 aliphatic carbocycles. The lowest BCUT2D eigenvalue weighted by Gasteiger charge is -2.11. The summed E-state index contributed by atoms with van der Waals surface area (Å²) >= 11 is 0. The molecular weight excluding hydrogens is 304 g/mol. The molecule has 116 valence electrons. The second-order valence-electron chi connectivity index (χ2n) is 4.78. The van der Waals surface area contributed by atoms with Crippen molar-refractivity contribution in [1.82, 2.24) is 10.2 Å². The molecule has 0 aliphatic rings. The number of nitrogens with zero attached hydrogens (tertiary/aromatic N) is 1. The predicted molar refractivity (Wildman–Crippen MR) is 80.6 cm³/mol. The van der Waals surface area contributed by atoms with Crippen molar-refractivity contribution in [2.45, 2.75) is 0 Å². The molecule has 1 aromatic heterocycles. The third-order valence-electron chi connectivity index (χ3n) is 3.27. The maximum atomic E-state index is 14.2. The molecule has 3 rings (SSSR count). The molecule has 1 heterocycles. The minimum absolute atomic E-state index is 0.00669. The summed E-state index contributed by atoms with van der Waals surface area (Å²) in [5, 5.41) is 18.0. The highest BCUT2D eigenvalue weighted by atomic mass is 19.1. The zero-order valence-electron chi connectivity index (χ0n) is 11.7. The molecule has 0 fully saturated rings. The number of carboxylic acids is 1. The van der Waals surface area contributed by atoms with Crippen LogP contribution in [-0.4, -0.2) is 21.3 Å². The van der Waals surface area contributed by atoms with E-state index in [9.17, 15) is 13.6 Å². The second-order valence-corrected chi connectivity index (χ2v) is 4.78. The van der Waals surface area contributed by atoms with Gasteiger partial charge in [-0.3, -0.25) is 5.10 Å². The van der Waals surface area contributed by atoms with Crippen molar-refractivity contribution in [3.63, 3.8) is 0 Å². The molecule has 0 amide bonds. The number of anilines is 2. The predicted octanol–water partition coefficient (Wildman–Crippen LogP) is 3.80. The van der Waals surface area contributed by atoms with Crippen LogP contribution in [0.15, 0.2) is 48.8 Å². The Morgan fingerprint density at radius 1 is 1.17 bits per heavy atom. The molecule has 0 unspecified atom stereocenters. The molecular formula is C16H11F2N3O2. The SMILES string of the molecule is O=C(O)c1ccccc1Nc1cc(F)c(-c2cn[nH]c2)c(F)c1. The van der Waals surface area contributed by atoms with Crippen LogP contribution in [0.1, 0.15) is 10.4 Å². The summed E-state index contributed by atoms with van der Waals surface area (Å²) in [6.45, 7) is 0. The number of aromatic amines is 1. The summed E-state index contributed by atoms with van der Waals surface area (Å²) in [6.07, 6.45) is 2.70. The number of carbonyl (C=O) groups is 1. The number of aromatic carboxylic acids is 1. The summed E-state index contributed by atoms with van der Waals surface area (Å²) in [5.41, 5.74) is 0.455. The van der Waals surface area contributed by atoms with Crippen molar-refractivity contribution >= 4 is 17.3 Å². The van der Waals surface area contributed by atoms with Crippen LogP contribution in [0.2, 0.25) is 0 Å². The summed E-state index contributed by atoms with van der Waals surface area (Å²) in [4.78, 5) is 11.2. The van der Waals surface area contributed by atoms with E-state index < -0.39 is 17.6 Å². The molecule has 0 spiro atoms. The van der Waals surface area contributed by atoms with Gasteiger partial charge in [-0.2, -0.15) is 5.10 Å². The lowest BCUT2D eigenvalue weighted by molar-refractivity contribution is 0.0698. The van der Waals surface area contributed by atoms with E-state index in [2.05, 4.69) is 15.5 Å².